The molecule has 0 bridgehead atoms. The number of thiophene rings is 1. The summed E-state index contributed by atoms with van der Waals surface area (Å²) in [5.74, 6) is -0.154. The van der Waals surface area contributed by atoms with Gasteiger partial charge in [-0.3, -0.25) is 14.8 Å². The fraction of sp³-hybridized carbons (Fsp3) is 0.222. The quantitative estimate of drug-likeness (QED) is 0.724. The van der Waals surface area contributed by atoms with Gasteiger partial charge in [0.05, 0.1) is 27.7 Å². The van der Waals surface area contributed by atoms with Gasteiger partial charge in [-0.25, -0.2) is 5.01 Å². The van der Waals surface area contributed by atoms with Crippen LogP contribution in [0.1, 0.15) is 22.9 Å². The largest absolute Gasteiger partial charge is 0.375 e. The standard InChI is InChI=1S/C18H16N4O2S/c1-24-11-18(23)22-16(10-15(21-22)17-3-2-8-25-17)12-4-5-13-14(9-12)20-7-6-19-13/h2-9,16H,10-11H2,1H3/t16-/m1/s1. The third kappa shape index (κ3) is 3.04. The van der Waals surface area contributed by atoms with E-state index < -0.39 is 0 Å². The summed E-state index contributed by atoms with van der Waals surface area (Å²) >= 11 is 1.62. The van der Waals surface area contributed by atoms with Crippen LogP contribution in [0.15, 0.2) is 53.2 Å². The monoisotopic (exact) mass is 352 g/mol. The molecule has 0 radical (unpaired) electrons. The van der Waals surface area contributed by atoms with Crippen molar-refractivity contribution in [3.05, 3.63) is 58.5 Å². The molecule has 1 atom stereocenters. The number of benzene rings is 1. The Kier molecular flexibility index (Phi) is 4.25. The van der Waals surface area contributed by atoms with Gasteiger partial charge in [0, 0.05) is 25.9 Å². The Morgan fingerprint density at radius 1 is 1.28 bits per heavy atom. The molecule has 1 aliphatic rings. The molecule has 0 N–H and O–H groups in total. The van der Waals surface area contributed by atoms with E-state index >= 15 is 0 Å². The van der Waals surface area contributed by atoms with Crippen molar-refractivity contribution in [3.8, 4) is 0 Å². The topological polar surface area (TPSA) is 67.7 Å². The van der Waals surface area contributed by atoms with Crippen molar-refractivity contribution in [2.75, 3.05) is 13.7 Å². The fourth-order valence-electron chi connectivity index (χ4n) is 2.97. The van der Waals surface area contributed by atoms with Gasteiger partial charge < -0.3 is 4.74 Å². The third-order valence-electron chi connectivity index (χ3n) is 4.12. The van der Waals surface area contributed by atoms with Crippen molar-refractivity contribution in [3.63, 3.8) is 0 Å². The molecule has 4 rings (SSSR count). The molecule has 1 aliphatic heterocycles. The zero-order chi connectivity index (χ0) is 17.2. The van der Waals surface area contributed by atoms with E-state index in [1.165, 1.54) is 12.1 Å². The maximum absolute atomic E-state index is 12.5. The Hall–Kier alpha value is -2.64. The zero-order valence-electron chi connectivity index (χ0n) is 13.6. The van der Waals surface area contributed by atoms with E-state index in [0.29, 0.717) is 6.42 Å². The van der Waals surface area contributed by atoms with Crippen LogP contribution in [0.25, 0.3) is 11.0 Å². The van der Waals surface area contributed by atoms with Crippen LogP contribution in [0, 0.1) is 0 Å². The van der Waals surface area contributed by atoms with Crippen LogP contribution in [0.4, 0.5) is 0 Å². The number of amides is 1. The first-order valence-corrected chi connectivity index (χ1v) is 8.77. The molecule has 25 heavy (non-hydrogen) atoms. The maximum atomic E-state index is 12.5. The number of methoxy groups -OCH3 is 1. The number of rotatable bonds is 4. The Morgan fingerprint density at radius 2 is 2.12 bits per heavy atom. The highest BCUT2D eigenvalue weighted by Gasteiger charge is 2.33. The number of nitrogens with zero attached hydrogens (tertiary/aromatic N) is 4. The van der Waals surface area contributed by atoms with Gasteiger partial charge in [-0.1, -0.05) is 12.1 Å². The Balaban J connectivity index is 1.71. The number of hydrazone groups is 1. The van der Waals surface area contributed by atoms with E-state index in [1.807, 2.05) is 35.7 Å². The molecule has 0 fully saturated rings. The lowest BCUT2D eigenvalue weighted by molar-refractivity contribution is -0.136. The van der Waals surface area contributed by atoms with Gasteiger partial charge in [-0.15, -0.1) is 11.3 Å². The van der Waals surface area contributed by atoms with E-state index in [9.17, 15) is 4.79 Å². The molecular formula is C18H16N4O2S. The molecule has 1 amide bonds. The van der Waals surface area contributed by atoms with Crippen molar-refractivity contribution in [1.82, 2.24) is 15.0 Å². The molecule has 126 valence electrons. The molecule has 0 spiro atoms. The van der Waals surface area contributed by atoms with Gasteiger partial charge in [0.2, 0.25) is 0 Å². The molecular weight excluding hydrogens is 336 g/mol. The van der Waals surface area contributed by atoms with Crippen LogP contribution in [0.3, 0.4) is 0 Å². The van der Waals surface area contributed by atoms with Gasteiger partial charge in [0.25, 0.3) is 5.91 Å². The molecule has 3 aromatic rings. The predicted octanol–water partition coefficient (Wildman–Crippen LogP) is 3.02. The van der Waals surface area contributed by atoms with Crippen LogP contribution in [0.5, 0.6) is 0 Å². The first kappa shape index (κ1) is 15.9. The van der Waals surface area contributed by atoms with Gasteiger partial charge >= 0.3 is 0 Å². The van der Waals surface area contributed by atoms with E-state index in [-0.39, 0.29) is 18.6 Å². The summed E-state index contributed by atoms with van der Waals surface area (Å²) in [6.07, 6.45) is 4.01. The van der Waals surface area contributed by atoms with E-state index in [2.05, 4.69) is 15.1 Å². The van der Waals surface area contributed by atoms with Crippen LogP contribution in [-0.2, 0) is 9.53 Å². The highest BCUT2D eigenvalue weighted by molar-refractivity contribution is 7.12. The molecule has 1 aromatic carbocycles. The number of aromatic nitrogens is 2. The molecule has 0 saturated heterocycles. The molecule has 0 saturated carbocycles. The summed E-state index contributed by atoms with van der Waals surface area (Å²) in [6.45, 7) is 0.00507. The summed E-state index contributed by atoms with van der Waals surface area (Å²) in [5.41, 5.74) is 3.55. The molecule has 6 nitrogen and oxygen atoms in total. The summed E-state index contributed by atoms with van der Waals surface area (Å²) < 4.78 is 5.02. The first-order chi connectivity index (χ1) is 12.3. The minimum atomic E-state index is -0.161. The maximum Gasteiger partial charge on any atom is 0.269 e. The fourth-order valence-corrected chi connectivity index (χ4v) is 3.69. The second-order valence-corrected chi connectivity index (χ2v) is 6.67. The van der Waals surface area contributed by atoms with Crippen LogP contribution in [0.2, 0.25) is 0 Å². The van der Waals surface area contributed by atoms with E-state index in [0.717, 1.165) is 27.2 Å². The Bertz CT molecular complexity index is 939. The lowest BCUT2D eigenvalue weighted by atomic mass is 10.0. The lowest BCUT2D eigenvalue weighted by Crippen LogP contribution is -2.30. The molecule has 0 unspecified atom stereocenters. The average Bonchev–Trinajstić information content (AvgIpc) is 3.31. The minimum absolute atomic E-state index is 0.00507. The highest BCUT2D eigenvalue weighted by Crippen LogP contribution is 2.34. The number of hydrogen-bond donors (Lipinski definition) is 0. The summed E-state index contributed by atoms with van der Waals surface area (Å²) in [7, 11) is 1.51. The molecule has 7 heteroatoms. The minimum Gasteiger partial charge on any atom is -0.375 e. The van der Waals surface area contributed by atoms with Crippen LogP contribution < -0.4 is 0 Å². The van der Waals surface area contributed by atoms with Crippen molar-refractivity contribution in [2.45, 2.75) is 12.5 Å². The predicted molar refractivity (Wildman–Crippen MR) is 96.5 cm³/mol. The van der Waals surface area contributed by atoms with E-state index in [1.54, 1.807) is 23.7 Å². The van der Waals surface area contributed by atoms with Crippen molar-refractivity contribution >= 4 is 34.0 Å². The van der Waals surface area contributed by atoms with Gasteiger partial charge in [-0.05, 0) is 29.1 Å². The summed E-state index contributed by atoms with van der Waals surface area (Å²) in [5, 5.41) is 8.13. The second-order valence-electron chi connectivity index (χ2n) is 5.72. The normalized spacial score (nSPS) is 17.1. The van der Waals surface area contributed by atoms with E-state index in [4.69, 9.17) is 4.74 Å². The van der Waals surface area contributed by atoms with Crippen molar-refractivity contribution < 1.29 is 9.53 Å². The number of hydrogen-bond acceptors (Lipinski definition) is 6. The van der Waals surface area contributed by atoms with Crippen molar-refractivity contribution in [1.29, 1.82) is 0 Å². The summed E-state index contributed by atoms with van der Waals surface area (Å²) in [4.78, 5) is 22.2. The number of carbonyl (C=O) groups excluding carboxylic acids is 1. The zero-order valence-corrected chi connectivity index (χ0v) is 14.4. The van der Waals surface area contributed by atoms with Gasteiger partial charge in [0.15, 0.2) is 0 Å². The van der Waals surface area contributed by atoms with Gasteiger partial charge in [0.1, 0.15) is 6.61 Å². The number of ether oxygens (including phenoxy) is 1. The molecule has 3 heterocycles. The summed E-state index contributed by atoms with van der Waals surface area (Å²) in [6, 6.07) is 9.75. The molecule has 0 aliphatic carbocycles. The van der Waals surface area contributed by atoms with Gasteiger partial charge in [-0.2, -0.15) is 5.10 Å². The number of fused-ring (bicyclic) bond motifs is 1. The van der Waals surface area contributed by atoms with Crippen molar-refractivity contribution in [2.24, 2.45) is 5.10 Å². The Labute approximate surface area is 148 Å². The third-order valence-corrected chi connectivity index (χ3v) is 5.04. The molecule has 2 aromatic heterocycles. The number of carbonyl (C=O) groups is 1. The Morgan fingerprint density at radius 3 is 2.88 bits per heavy atom. The second kappa shape index (κ2) is 6.70. The average molecular weight is 352 g/mol. The SMILES string of the molecule is COCC(=O)N1N=C(c2cccs2)C[C@@H]1c1ccc2nccnc2c1. The highest BCUT2D eigenvalue weighted by atomic mass is 32.1. The smallest absolute Gasteiger partial charge is 0.269 e. The lowest BCUT2D eigenvalue weighted by Gasteiger charge is -2.21. The van der Waals surface area contributed by atoms with Crippen LogP contribution >= 0.6 is 11.3 Å². The first-order valence-electron chi connectivity index (χ1n) is 7.89. The van der Waals surface area contributed by atoms with Crippen LogP contribution in [-0.4, -0.2) is 40.3 Å².